The third-order valence-electron chi connectivity index (χ3n) is 6.63. The van der Waals surface area contributed by atoms with E-state index in [-0.39, 0.29) is 28.6 Å². The van der Waals surface area contributed by atoms with Crippen molar-refractivity contribution in [1.29, 1.82) is 0 Å². The number of nitrogens with zero attached hydrogens (tertiary/aromatic N) is 1. The highest BCUT2D eigenvalue weighted by Crippen LogP contribution is 2.32. The van der Waals surface area contributed by atoms with Crippen LogP contribution in [0.3, 0.4) is 0 Å². The summed E-state index contributed by atoms with van der Waals surface area (Å²) in [6, 6.07) is 21.0. The van der Waals surface area contributed by atoms with Crippen molar-refractivity contribution in [2.75, 3.05) is 29.1 Å². The number of benzene rings is 3. The monoisotopic (exact) mass is 534 g/mol. The molecule has 1 N–H and O–H groups in total. The Labute approximate surface area is 226 Å². The Morgan fingerprint density at radius 3 is 2.32 bits per heavy atom. The molecular formula is C31H38N2O4S. The average Bonchev–Trinajstić information content (AvgIpc) is 2.87. The van der Waals surface area contributed by atoms with E-state index in [4.69, 9.17) is 4.74 Å². The molecule has 0 radical (unpaired) electrons. The van der Waals surface area contributed by atoms with E-state index in [0.717, 1.165) is 49.4 Å². The van der Waals surface area contributed by atoms with Crippen LogP contribution in [0.4, 0.5) is 11.4 Å². The van der Waals surface area contributed by atoms with Crippen molar-refractivity contribution in [3.63, 3.8) is 0 Å². The number of amides is 1. The molecule has 0 saturated heterocycles. The highest BCUT2D eigenvalue weighted by atomic mass is 32.2. The van der Waals surface area contributed by atoms with E-state index in [1.165, 1.54) is 16.8 Å². The summed E-state index contributed by atoms with van der Waals surface area (Å²) in [4.78, 5) is 15.3. The van der Waals surface area contributed by atoms with Crippen LogP contribution in [0.2, 0.25) is 0 Å². The lowest BCUT2D eigenvalue weighted by atomic mass is 10.0. The lowest BCUT2D eigenvalue weighted by Crippen LogP contribution is -2.31. The number of aryl methyl sites for hydroxylation is 1. The van der Waals surface area contributed by atoms with Gasteiger partial charge in [-0.2, -0.15) is 0 Å². The number of anilines is 2. The number of carbonyl (C=O) groups is 1. The van der Waals surface area contributed by atoms with Gasteiger partial charge in [-0.25, -0.2) is 8.42 Å². The van der Waals surface area contributed by atoms with E-state index in [9.17, 15) is 13.2 Å². The Bertz CT molecular complexity index is 1360. The standard InChI is InChI=1S/C31H38N2O4S/c1-5-38(35,36)28-16-10-24(11-17-28)21-30(34)32-26-13-8-23(9-14-26)18-20-33-19-6-7-25-12-15-27(22-29(25)33)37-31(2,3)4/h8-17,22H,5-7,18-21H2,1-4H3,(H,32,34). The summed E-state index contributed by atoms with van der Waals surface area (Å²) in [6.45, 7) is 9.76. The molecule has 0 bridgehead atoms. The predicted molar refractivity (Wildman–Crippen MR) is 154 cm³/mol. The topological polar surface area (TPSA) is 75.7 Å². The number of hydrogen-bond donors (Lipinski definition) is 1. The van der Waals surface area contributed by atoms with Crippen molar-refractivity contribution in [3.05, 3.63) is 83.4 Å². The molecule has 1 heterocycles. The van der Waals surface area contributed by atoms with E-state index in [2.05, 4.69) is 61.3 Å². The first kappa shape index (κ1) is 27.7. The third kappa shape index (κ3) is 7.38. The fourth-order valence-corrected chi connectivity index (χ4v) is 5.55. The molecule has 202 valence electrons. The first-order valence-electron chi connectivity index (χ1n) is 13.3. The molecule has 4 rings (SSSR count). The molecule has 1 amide bonds. The molecule has 0 saturated carbocycles. The summed E-state index contributed by atoms with van der Waals surface area (Å²) in [5.74, 6) is 0.828. The summed E-state index contributed by atoms with van der Waals surface area (Å²) in [5, 5.41) is 2.94. The maximum absolute atomic E-state index is 12.5. The van der Waals surface area contributed by atoms with Gasteiger partial charge < -0.3 is 15.0 Å². The van der Waals surface area contributed by atoms with Crippen LogP contribution in [0, 0.1) is 0 Å². The average molecular weight is 535 g/mol. The second kappa shape index (κ2) is 11.6. The summed E-state index contributed by atoms with van der Waals surface area (Å²) < 4.78 is 30.0. The van der Waals surface area contributed by atoms with E-state index in [1.54, 1.807) is 31.2 Å². The van der Waals surface area contributed by atoms with Crippen molar-refractivity contribution in [1.82, 2.24) is 0 Å². The highest BCUT2D eigenvalue weighted by molar-refractivity contribution is 7.91. The summed E-state index contributed by atoms with van der Waals surface area (Å²) in [5.41, 5.74) is 5.14. The SMILES string of the molecule is CCS(=O)(=O)c1ccc(CC(=O)Nc2ccc(CCN3CCCc4ccc(OC(C)(C)C)cc43)cc2)cc1. The molecule has 7 heteroatoms. The van der Waals surface area contributed by atoms with E-state index < -0.39 is 9.84 Å². The molecule has 0 unspecified atom stereocenters. The summed E-state index contributed by atoms with van der Waals surface area (Å²) >= 11 is 0. The van der Waals surface area contributed by atoms with Gasteiger partial charge in [-0.1, -0.05) is 37.3 Å². The van der Waals surface area contributed by atoms with Crippen LogP contribution in [0.25, 0.3) is 0 Å². The lowest BCUT2D eigenvalue weighted by molar-refractivity contribution is -0.115. The lowest BCUT2D eigenvalue weighted by Gasteiger charge is -2.32. The molecule has 38 heavy (non-hydrogen) atoms. The number of sulfone groups is 1. The Morgan fingerprint density at radius 1 is 0.974 bits per heavy atom. The van der Waals surface area contributed by atoms with Crippen LogP contribution in [0.1, 0.15) is 50.8 Å². The number of fused-ring (bicyclic) bond motifs is 1. The Kier molecular flexibility index (Phi) is 8.46. The molecule has 3 aromatic rings. The molecule has 0 spiro atoms. The fourth-order valence-electron chi connectivity index (χ4n) is 4.67. The van der Waals surface area contributed by atoms with Gasteiger partial charge in [0.25, 0.3) is 0 Å². The maximum Gasteiger partial charge on any atom is 0.228 e. The Hall–Kier alpha value is -3.32. The second-order valence-electron chi connectivity index (χ2n) is 10.8. The van der Waals surface area contributed by atoms with Gasteiger partial charge >= 0.3 is 0 Å². The van der Waals surface area contributed by atoms with Gasteiger partial charge in [-0.05, 0) is 87.1 Å². The van der Waals surface area contributed by atoms with Crippen molar-refractivity contribution in [2.45, 2.75) is 63.9 Å². The normalized spacial score (nSPS) is 13.6. The van der Waals surface area contributed by atoms with Crippen molar-refractivity contribution in [2.24, 2.45) is 0 Å². The van der Waals surface area contributed by atoms with Crippen molar-refractivity contribution in [3.8, 4) is 5.75 Å². The highest BCUT2D eigenvalue weighted by Gasteiger charge is 2.19. The fraction of sp³-hybridized carbons (Fsp3) is 0.387. The number of nitrogens with one attached hydrogen (secondary N) is 1. The van der Waals surface area contributed by atoms with Crippen LogP contribution in [-0.2, 0) is 33.9 Å². The Morgan fingerprint density at radius 2 is 1.66 bits per heavy atom. The number of rotatable bonds is 9. The van der Waals surface area contributed by atoms with Gasteiger partial charge in [0.15, 0.2) is 9.84 Å². The first-order chi connectivity index (χ1) is 18.0. The van der Waals surface area contributed by atoms with Crippen LogP contribution in [0.15, 0.2) is 71.6 Å². The number of ether oxygens (including phenoxy) is 1. The largest absolute Gasteiger partial charge is 0.488 e. The van der Waals surface area contributed by atoms with Gasteiger partial charge in [0.05, 0.1) is 17.1 Å². The van der Waals surface area contributed by atoms with E-state index in [1.807, 2.05) is 12.1 Å². The van der Waals surface area contributed by atoms with Gasteiger partial charge in [0.1, 0.15) is 11.4 Å². The molecule has 0 aliphatic carbocycles. The van der Waals surface area contributed by atoms with E-state index in [0.29, 0.717) is 0 Å². The van der Waals surface area contributed by atoms with Crippen molar-refractivity contribution < 1.29 is 17.9 Å². The van der Waals surface area contributed by atoms with Gasteiger partial charge in [-0.15, -0.1) is 0 Å². The number of hydrogen-bond acceptors (Lipinski definition) is 5. The zero-order chi connectivity index (χ0) is 27.3. The van der Waals surface area contributed by atoms with Crippen molar-refractivity contribution >= 4 is 27.1 Å². The molecule has 0 atom stereocenters. The van der Waals surface area contributed by atoms with Gasteiger partial charge in [0.2, 0.25) is 5.91 Å². The summed E-state index contributed by atoms with van der Waals surface area (Å²) in [6.07, 6.45) is 3.33. The van der Waals surface area contributed by atoms with Crippen LogP contribution in [0.5, 0.6) is 5.75 Å². The third-order valence-corrected chi connectivity index (χ3v) is 8.38. The molecular weight excluding hydrogens is 496 g/mol. The number of carbonyl (C=O) groups excluding carboxylic acids is 1. The minimum absolute atomic E-state index is 0.0570. The minimum Gasteiger partial charge on any atom is -0.488 e. The first-order valence-corrected chi connectivity index (χ1v) is 14.9. The van der Waals surface area contributed by atoms with E-state index >= 15 is 0 Å². The maximum atomic E-state index is 12.5. The van der Waals surface area contributed by atoms with Crippen LogP contribution in [-0.4, -0.2) is 38.8 Å². The van der Waals surface area contributed by atoms with Crippen LogP contribution < -0.4 is 15.0 Å². The quantitative estimate of drug-likeness (QED) is 0.374. The summed E-state index contributed by atoms with van der Waals surface area (Å²) in [7, 11) is -3.24. The molecule has 1 aliphatic rings. The zero-order valence-electron chi connectivity index (χ0n) is 22.8. The smallest absolute Gasteiger partial charge is 0.228 e. The molecule has 6 nitrogen and oxygen atoms in total. The predicted octanol–water partition coefficient (Wildman–Crippen LogP) is 5.83. The second-order valence-corrected chi connectivity index (χ2v) is 13.1. The molecule has 3 aromatic carbocycles. The zero-order valence-corrected chi connectivity index (χ0v) is 23.6. The Balaban J connectivity index is 1.32. The molecule has 1 aliphatic heterocycles. The molecule has 0 fully saturated rings. The van der Waals surface area contributed by atoms with Crippen LogP contribution >= 0.6 is 0 Å². The molecule has 0 aromatic heterocycles. The minimum atomic E-state index is -3.24. The van der Waals surface area contributed by atoms with Gasteiger partial charge in [0, 0.05) is 30.5 Å². The van der Waals surface area contributed by atoms with Gasteiger partial charge in [-0.3, -0.25) is 4.79 Å².